The lowest BCUT2D eigenvalue weighted by Gasteiger charge is -2.29. The molecule has 1 fully saturated rings. The van der Waals surface area contributed by atoms with E-state index < -0.39 is 12.2 Å². The third-order valence-corrected chi connectivity index (χ3v) is 2.90. The highest BCUT2D eigenvalue weighted by Gasteiger charge is 2.25. The zero-order valence-corrected chi connectivity index (χ0v) is 10.3. The number of hydrogen-bond acceptors (Lipinski definition) is 5. The summed E-state index contributed by atoms with van der Waals surface area (Å²) in [5.41, 5.74) is 0. The number of amides is 1. The molecule has 2 heterocycles. The van der Waals surface area contributed by atoms with Gasteiger partial charge in [0.2, 0.25) is 0 Å². The molecule has 100 valence electrons. The minimum atomic E-state index is -0.828. The van der Waals surface area contributed by atoms with E-state index >= 15 is 0 Å². The van der Waals surface area contributed by atoms with Crippen molar-refractivity contribution in [3.8, 4) is 0 Å². The number of nitrogens with one attached hydrogen (secondary N) is 1. The number of carbonyl (C=O) groups is 1. The van der Waals surface area contributed by atoms with Crippen molar-refractivity contribution >= 4 is 5.91 Å². The van der Waals surface area contributed by atoms with Gasteiger partial charge in [0.25, 0.3) is 5.91 Å². The molecule has 0 spiro atoms. The molecule has 0 aliphatic carbocycles. The van der Waals surface area contributed by atoms with Crippen LogP contribution in [0.3, 0.4) is 0 Å². The molecule has 18 heavy (non-hydrogen) atoms. The maximum atomic E-state index is 11.8. The van der Waals surface area contributed by atoms with Gasteiger partial charge in [0.15, 0.2) is 0 Å². The van der Waals surface area contributed by atoms with Gasteiger partial charge in [-0.2, -0.15) is 0 Å². The molecule has 0 unspecified atom stereocenters. The second kappa shape index (κ2) is 5.99. The van der Waals surface area contributed by atoms with Crippen molar-refractivity contribution in [3.05, 3.63) is 24.2 Å². The standard InChI is InChI=1S/C12H18N2O4/c1-14-4-6-18-11(8-14)12(16)13-7-9(15)10-3-2-5-17-10/h2-3,5,9,11,15H,4,6-8H2,1H3,(H,13,16)/t9-,11-/m1/s1. The number of aliphatic hydroxyl groups is 1. The predicted octanol–water partition coefficient (Wildman–Crippen LogP) is -0.240. The van der Waals surface area contributed by atoms with Crippen LogP contribution >= 0.6 is 0 Å². The molecule has 6 nitrogen and oxygen atoms in total. The Morgan fingerprint density at radius 2 is 2.56 bits per heavy atom. The van der Waals surface area contributed by atoms with Crippen molar-refractivity contribution in [1.29, 1.82) is 0 Å². The number of hydrogen-bond donors (Lipinski definition) is 2. The molecule has 1 aliphatic rings. The van der Waals surface area contributed by atoms with Gasteiger partial charge in [-0.15, -0.1) is 0 Å². The first kappa shape index (κ1) is 13.1. The molecule has 2 rings (SSSR count). The minimum Gasteiger partial charge on any atom is -0.467 e. The van der Waals surface area contributed by atoms with Gasteiger partial charge in [0.1, 0.15) is 18.0 Å². The number of carbonyl (C=O) groups excluding carboxylic acids is 1. The summed E-state index contributed by atoms with van der Waals surface area (Å²) in [4.78, 5) is 13.9. The van der Waals surface area contributed by atoms with Crippen molar-refractivity contribution < 1.29 is 19.1 Å². The van der Waals surface area contributed by atoms with Gasteiger partial charge in [-0.25, -0.2) is 0 Å². The van der Waals surface area contributed by atoms with Crippen molar-refractivity contribution in [2.75, 3.05) is 33.3 Å². The molecule has 1 aromatic heterocycles. The van der Waals surface area contributed by atoms with Crippen molar-refractivity contribution in [2.45, 2.75) is 12.2 Å². The average Bonchev–Trinajstić information content (AvgIpc) is 2.89. The second-order valence-corrected chi connectivity index (χ2v) is 4.40. The van der Waals surface area contributed by atoms with Crippen LogP contribution in [0, 0.1) is 0 Å². The largest absolute Gasteiger partial charge is 0.467 e. The highest BCUT2D eigenvalue weighted by Crippen LogP contribution is 2.12. The van der Waals surface area contributed by atoms with Gasteiger partial charge in [-0.05, 0) is 19.2 Å². The van der Waals surface area contributed by atoms with Gasteiger partial charge >= 0.3 is 0 Å². The van der Waals surface area contributed by atoms with Crippen LogP contribution in [0.4, 0.5) is 0 Å². The molecule has 0 saturated carbocycles. The molecule has 2 N–H and O–H groups in total. The van der Waals surface area contributed by atoms with E-state index in [2.05, 4.69) is 5.32 Å². The molecular formula is C12H18N2O4. The van der Waals surface area contributed by atoms with Crippen LogP contribution in [-0.2, 0) is 9.53 Å². The third kappa shape index (κ3) is 3.32. The normalized spacial score (nSPS) is 22.7. The topological polar surface area (TPSA) is 74.9 Å². The molecule has 1 aromatic rings. The molecule has 1 aliphatic heterocycles. The lowest BCUT2D eigenvalue weighted by atomic mass is 10.2. The van der Waals surface area contributed by atoms with Gasteiger partial charge in [-0.1, -0.05) is 0 Å². The van der Waals surface area contributed by atoms with E-state index in [1.54, 1.807) is 12.1 Å². The summed E-state index contributed by atoms with van der Waals surface area (Å²) in [6.45, 7) is 2.08. The summed E-state index contributed by atoms with van der Waals surface area (Å²) in [6, 6.07) is 3.36. The zero-order chi connectivity index (χ0) is 13.0. The first-order valence-corrected chi connectivity index (χ1v) is 5.96. The summed E-state index contributed by atoms with van der Waals surface area (Å²) < 4.78 is 10.4. The van der Waals surface area contributed by atoms with Crippen LogP contribution in [0.2, 0.25) is 0 Å². The molecule has 0 radical (unpaired) electrons. The highest BCUT2D eigenvalue weighted by molar-refractivity contribution is 5.81. The first-order valence-electron chi connectivity index (χ1n) is 5.96. The summed E-state index contributed by atoms with van der Waals surface area (Å²) in [5, 5.41) is 12.4. The van der Waals surface area contributed by atoms with E-state index in [4.69, 9.17) is 9.15 Å². The molecule has 0 bridgehead atoms. The monoisotopic (exact) mass is 254 g/mol. The van der Waals surface area contributed by atoms with Crippen LogP contribution < -0.4 is 5.32 Å². The lowest BCUT2D eigenvalue weighted by molar-refractivity contribution is -0.138. The van der Waals surface area contributed by atoms with Crippen molar-refractivity contribution in [1.82, 2.24) is 10.2 Å². The molecular weight excluding hydrogens is 236 g/mol. The smallest absolute Gasteiger partial charge is 0.250 e. The Labute approximate surface area is 106 Å². The quantitative estimate of drug-likeness (QED) is 0.775. The summed E-state index contributed by atoms with van der Waals surface area (Å²) in [7, 11) is 1.94. The maximum Gasteiger partial charge on any atom is 0.250 e. The number of morpholine rings is 1. The summed E-state index contributed by atoms with van der Waals surface area (Å²) in [5.74, 6) is 0.240. The molecule has 1 saturated heterocycles. The van der Waals surface area contributed by atoms with Crippen LogP contribution in [0.15, 0.2) is 22.8 Å². The predicted molar refractivity (Wildman–Crippen MR) is 63.9 cm³/mol. The fourth-order valence-corrected chi connectivity index (χ4v) is 1.83. The molecule has 2 atom stereocenters. The Morgan fingerprint density at radius 1 is 1.72 bits per heavy atom. The number of rotatable bonds is 4. The van der Waals surface area contributed by atoms with E-state index in [1.165, 1.54) is 6.26 Å². The van der Waals surface area contributed by atoms with Crippen LogP contribution in [-0.4, -0.2) is 55.3 Å². The summed E-state index contributed by atoms with van der Waals surface area (Å²) >= 11 is 0. The van der Waals surface area contributed by atoms with Crippen molar-refractivity contribution in [2.24, 2.45) is 0 Å². The number of ether oxygens (including phenoxy) is 1. The fraction of sp³-hybridized carbons (Fsp3) is 0.583. The van der Waals surface area contributed by atoms with Crippen molar-refractivity contribution in [3.63, 3.8) is 0 Å². The van der Waals surface area contributed by atoms with Crippen LogP contribution in [0.25, 0.3) is 0 Å². The maximum absolute atomic E-state index is 11.8. The van der Waals surface area contributed by atoms with Crippen LogP contribution in [0.5, 0.6) is 0 Å². The average molecular weight is 254 g/mol. The second-order valence-electron chi connectivity index (χ2n) is 4.40. The number of aliphatic hydroxyl groups excluding tert-OH is 1. The molecule has 0 aromatic carbocycles. The summed E-state index contributed by atoms with van der Waals surface area (Å²) in [6.07, 6.45) is 0.192. The van der Waals surface area contributed by atoms with Gasteiger partial charge in [0, 0.05) is 13.1 Å². The number of furan rings is 1. The molecule has 1 amide bonds. The SMILES string of the molecule is CN1CCO[C@@H](C(=O)NC[C@@H](O)c2ccco2)C1. The van der Waals surface area contributed by atoms with Crippen LogP contribution in [0.1, 0.15) is 11.9 Å². The van der Waals surface area contributed by atoms with E-state index in [0.717, 1.165) is 6.54 Å². The van der Waals surface area contributed by atoms with E-state index in [9.17, 15) is 9.90 Å². The zero-order valence-electron chi connectivity index (χ0n) is 10.3. The van der Waals surface area contributed by atoms with Gasteiger partial charge in [0.05, 0.1) is 19.4 Å². The third-order valence-electron chi connectivity index (χ3n) is 2.90. The van der Waals surface area contributed by atoms with Gasteiger partial charge in [-0.3, -0.25) is 4.79 Å². The fourth-order valence-electron chi connectivity index (χ4n) is 1.83. The van der Waals surface area contributed by atoms with E-state index in [1.807, 2.05) is 11.9 Å². The highest BCUT2D eigenvalue weighted by atomic mass is 16.5. The number of likely N-dealkylation sites (N-methyl/N-ethyl adjacent to an activating group) is 1. The van der Waals surface area contributed by atoms with E-state index in [-0.39, 0.29) is 12.5 Å². The Morgan fingerprint density at radius 3 is 3.22 bits per heavy atom. The first-order chi connectivity index (χ1) is 8.66. The number of nitrogens with zero attached hydrogens (tertiary/aromatic N) is 1. The minimum absolute atomic E-state index is 0.121. The lowest BCUT2D eigenvalue weighted by Crippen LogP contribution is -2.49. The molecule has 6 heteroatoms. The Kier molecular flexibility index (Phi) is 4.35. The van der Waals surface area contributed by atoms with Gasteiger partial charge < -0.3 is 24.5 Å². The van der Waals surface area contributed by atoms with E-state index in [0.29, 0.717) is 18.9 Å². The Bertz CT molecular complexity index is 379. The Hall–Kier alpha value is -1.37. The Balaban J connectivity index is 1.77.